The molecule has 0 heterocycles. The Morgan fingerprint density at radius 3 is 2.78 bits per heavy atom. The van der Waals surface area contributed by atoms with Crippen molar-refractivity contribution in [3.8, 4) is 0 Å². The summed E-state index contributed by atoms with van der Waals surface area (Å²) in [6, 6.07) is 6.75. The van der Waals surface area contributed by atoms with E-state index < -0.39 is 0 Å². The summed E-state index contributed by atoms with van der Waals surface area (Å²) in [5.74, 6) is -0.294. The number of halogens is 1. The van der Waals surface area contributed by atoms with Gasteiger partial charge in [0.15, 0.2) is 0 Å². The standard InChI is InChI=1S/C14H21FN2O/c1-3-6-11(2)17-14(18)10-16-9-12-7-4-5-8-13(12)15/h4-5,7-8,11,16H,3,6,9-10H2,1-2H3,(H,17,18). The molecule has 1 atom stereocenters. The Labute approximate surface area is 108 Å². The first-order valence-electron chi connectivity index (χ1n) is 6.37. The molecule has 1 rings (SSSR count). The van der Waals surface area contributed by atoms with E-state index in [1.54, 1.807) is 18.2 Å². The maximum absolute atomic E-state index is 13.3. The predicted molar refractivity (Wildman–Crippen MR) is 70.6 cm³/mol. The van der Waals surface area contributed by atoms with E-state index in [0.29, 0.717) is 12.1 Å². The molecule has 0 aliphatic heterocycles. The average molecular weight is 252 g/mol. The van der Waals surface area contributed by atoms with E-state index in [9.17, 15) is 9.18 Å². The van der Waals surface area contributed by atoms with Crippen molar-refractivity contribution >= 4 is 5.91 Å². The smallest absolute Gasteiger partial charge is 0.234 e. The Bertz CT molecular complexity index is 382. The van der Waals surface area contributed by atoms with Crippen molar-refractivity contribution in [3.05, 3.63) is 35.6 Å². The Morgan fingerprint density at radius 1 is 1.39 bits per heavy atom. The van der Waals surface area contributed by atoms with Gasteiger partial charge >= 0.3 is 0 Å². The maximum atomic E-state index is 13.3. The van der Waals surface area contributed by atoms with E-state index in [-0.39, 0.29) is 24.3 Å². The van der Waals surface area contributed by atoms with Crippen LogP contribution in [0.15, 0.2) is 24.3 Å². The number of carbonyl (C=O) groups excluding carboxylic acids is 1. The van der Waals surface area contributed by atoms with Gasteiger partial charge in [-0.15, -0.1) is 0 Å². The molecule has 1 aromatic carbocycles. The maximum Gasteiger partial charge on any atom is 0.234 e. The fourth-order valence-electron chi connectivity index (χ4n) is 1.78. The minimum Gasteiger partial charge on any atom is -0.353 e. The monoisotopic (exact) mass is 252 g/mol. The van der Waals surface area contributed by atoms with Gasteiger partial charge in [-0.3, -0.25) is 4.79 Å². The molecule has 100 valence electrons. The summed E-state index contributed by atoms with van der Waals surface area (Å²) < 4.78 is 13.3. The molecule has 0 fully saturated rings. The lowest BCUT2D eigenvalue weighted by atomic mass is 10.2. The fraction of sp³-hybridized carbons (Fsp3) is 0.500. The number of nitrogens with one attached hydrogen (secondary N) is 2. The van der Waals surface area contributed by atoms with Crippen LogP contribution in [0, 0.1) is 5.82 Å². The third-order valence-corrected chi connectivity index (χ3v) is 2.69. The van der Waals surface area contributed by atoms with Crippen LogP contribution in [0.1, 0.15) is 32.3 Å². The summed E-state index contributed by atoms with van der Waals surface area (Å²) in [4.78, 5) is 11.5. The van der Waals surface area contributed by atoms with Crippen molar-refractivity contribution in [2.75, 3.05) is 6.54 Å². The van der Waals surface area contributed by atoms with Gasteiger partial charge in [0.05, 0.1) is 6.54 Å². The molecule has 0 aromatic heterocycles. The van der Waals surface area contributed by atoms with Gasteiger partial charge in [0, 0.05) is 18.2 Å². The molecule has 2 N–H and O–H groups in total. The second-order valence-corrected chi connectivity index (χ2v) is 4.45. The number of benzene rings is 1. The van der Waals surface area contributed by atoms with Crippen LogP contribution in [0.5, 0.6) is 0 Å². The average Bonchev–Trinajstić information content (AvgIpc) is 2.31. The summed E-state index contributed by atoms with van der Waals surface area (Å²) in [6.07, 6.45) is 2.02. The van der Waals surface area contributed by atoms with Crippen molar-refractivity contribution in [1.82, 2.24) is 10.6 Å². The number of rotatable bonds is 7. The third-order valence-electron chi connectivity index (χ3n) is 2.69. The molecule has 0 saturated heterocycles. The Balaban J connectivity index is 2.25. The minimum absolute atomic E-state index is 0.0488. The van der Waals surface area contributed by atoms with Gasteiger partial charge in [-0.25, -0.2) is 4.39 Å². The zero-order valence-corrected chi connectivity index (χ0v) is 11.0. The summed E-state index contributed by atoms with van der Waals surface area (Å²) >= 11 is 0. The molecule has 0 saturated carbocycles. The topological polar surface area (TPSA) is 41.1 Å². The highest BCUT2D eigenvalue weighted by Crippen LogP contribution is 2.05. The highest BCUT2D eigenvalue weighted by Gasteiger charge is 2.06. The van der Waals surface area contributed by atoms with Gasteiger partial charge in [0.1, 0.15) is 5.82 Å². The molecular formula is C14H21FN2O. The van der Waals surface area contributed by atoms with Crippen LogP contribution in [0.2, 0.25) is 0 Å². The van der Waals surface area contributed by atoms with Crippen LogP contribution in [-0.4, -0.2) is 18.5 Å². The van der Waals surface area contributed by atoms with Gasteiger partial charge in [0.25, 0.3) is 0 Å². The molecule has 0 radical (unpaired) electrons. The molecule has 1 amide bonds. The lowest BCUT2D eigenvalue weighted by Gasteiger charge is -2.13. The molecule has 4 heteroatoms. The van der Waals surface area contributed by atoms with Crippen molar-refractivity contribution in [2.24, 2.45) is 0 Å². The number of hydrogen-bond acceptors (Lipinski definition) is 2. The molecule has 0 bridgehead atoms. The first kappa shape index (κ1) is 14.6. The summed E-state index contributed by atoms with van der Waals surface area (Å²) in [6.45, 7) is 4.64. The first-order valence-corrected chi connectivity index (χ1v) is 6.37. The van der Waals surface area contributed by atoms with Gasteiger partial charge < -0.3 is 10.6 Å². The minimum atomic E-state index is -0.246. The fourth-order valence-corrected chi connectivity index (χ4v) is 1.78. The molecule has 18 heavy (non-hydrogen) atoms. The number of amides is 1. The van der Waals surface area contributed by atoms with Crippen molar-refractivity contribution in [1.29, 1.82) is 0 Å². The number of hydrogen-bond donors (Lipinski definition) is 2. The molecular weight excluding hydrogens is 231 g/mol. The molecule has 0 aliphatic rings. The summed E-state index contributed by atoms with van der Waals surface area (Å²) in [5.41, 5.74) is 0.576. The normalized spacial score (nSPS) is 12.2. The predicted octanol–water partition coefficient (Wildman–Crippen LogP) is 2.22. The van der Waals surface area contributed by atoms with Crippen LogP contribution >= 0.6 is 0 Å². The molecule has 1 unspecified atom stereocenters. The number of carbonyl (C=O) groups is 1. The van der Waals surface area contributed by atoms with Gasteiger partial charge in [0.2, 0.25) is 5.91 Å². The largest absolute Gasteiger partial charge is 0.353 e. The lowest BCUT2D eigenvalue weighted by molar-refractivity contribution is -0.120. The van der Waals surface area contributed by atoms with Crippen LogP contribution in [-0.2, 0) is 11.3 Å². The highest BCUT2D eigenvalue weighted by atomic mass is 19.1. The van der Waals surface area contributed by atoms with E-state index in [2.05, 4.69) is 17.6 Å². The second-order valence-electron chi connectivity index (χ2n) is 4.45. The SMILES string of the molecule is CCCC(C)NC(=O)CNCc1ccccc1F. The molecule has 1 aromatic rings. The zero-order chi connectivity index (χ0) is 13.4. The van der Waals surface area contributed by atoms with Crippen molar-refractivity contribution < 1.29 is 9.18 Å². The van der Waals surface area contributed by atoms with E-state index >= 15 is 0 Å². The van der Waals surface area contributed by atoms with E-state index in [1.165, 1.54) is 6.07 Å². The van der Waals surface area contributed by atoms with Crippen LogP contribution in [0.4, 0.5) is 4.39 Å². The van der Waals surface area contributed by atoms with Gasteiger partial charge in [-0.05, 0) is 19.4 Å². The van der Waals surface area contributed by atoms with Gasteiger partial charge in [-0.2, -0.15) is 0 Å². The van der Waals surface area contributed by atoms with E-state index in [1.807, 2.05) is 6.92 Å². The van der Waals surface area contributed by atoms with Crippen LogP contribution < -0.4 is 10.6 Å². The second kappa shape index (κ2) is 7.82. The highest BCUT2D eigenvalue weighted by molar-refractivity contribution is 5.78. The molecule has 3 nitrogen and oxygen atoms in total. The Morgan fingerprint density at radius 2 is 2.11 bits per heavy atom. The molecule has 0 spiro atoms. The van der Waals surface area contributed by atoms with Gasteiger partial charge in [-0.1, -0.05) is 31.5 Å². The van der Waals surface area contributed by atoms with E-state index in [0.717, 1.165) is 12.8 Å². The molecule has 0 aliphatic carbocycles. The Hall–Kier alpha value is -1.42. The Kier molecular flexibility index (Phi) is 6.36. The lowest BCUT2D eigenvalue weighted by Crippen LogP contribution is -2.38. The van der Waals surface area contributed by atoms with Crippen LogP contribution in [0.25, 0.3) is 0 Å². The van der Waals surface area contributed by atoms with E-state index in [4.69, 9.17) is 0 Å². The van der Waals surface area contributed by atoms with Crippen molar-refractivity contribution in [3.63, 3.8) is 0 Å². The van der Waals surface area contributed by atoms with Crippen LogP contribution in [0.3, 0.4) is 0 Å². The van der Waals surface area contributed by atoms with Crippen molar-refractivity contribution in [2.45, 2.75) is 39.3 Å². The summed E-state index contributed by atoms with van der Waals surface area (Å²) in [5, 5.41) is 5.82. The zero-order valence-electron chi connectivity index (χ0n) is 11.0. The summed E-state index contributed by atoms with van der Waals surface area (Å²) in [7, 11) is 0. The first-order chi connectivity index (χ1) is 8.63. The quantitative estimate of drug-likeness (QED) is 0.781. The third kappa shape index (κ3) is 5.27.